The summed E-state index contributed by atoms with van der Waals surface area (Å²) >= 11 is 0. The van der Waals surface area contributed by atoms with Crippen molar-refractivity contribution in [1.29, 1.82) is 5.26 Å². The molecule has 3 aromatic rings. The van der Waals surface area contributed by atoms with Crippen LogP contribution in [0.2, 0.25) is 0 Å². The molecule has 27 heavy (non-hydrogen) atoms. The first-order chi connectivity index (χ1) is 13.1. The van der Waals surface area contributed by atoms with Crippen LogP contribution < -0.4 is 5.32 Å². The Morgan fingerprint density at radius 2 is 1.89 bits per heavy atom. The van der Waals surface area contributed by atoms with Gasteiger partial charge in [0, 0.05) is 5.69 Å². The van der Waals surface area contributed by atoms with Gasteiger partial charge in [-0.25, -0.2) is 0 Å². The van der Waals surface area contributed by atoms with Gasteiger partial charge < -0.3 is 5.32 Å². The summed E-state index contributed by atoms with van der Waals surface area (Å²) in [6, 6.07) is 21.9. The van der Waals surface area contributed by atoms with Gasteiger partial charge in [-0.05, 0) is 53.8 Å². The van der Waals surface area contributed by atoms with Crippen LogP contribution in [-0.2, 0) is 11.2 Å². The normalized spacial score (nSPS) is 11.7. The Kier molecular flexibility index (Phi) is 5.88. The van der Waals surface area contributed by atoms with Gasteiger partial charge in [0.1, 0.15) is 0 Å². The van der Waals surface area contributed by atoms with Crippen LogP contribution in [0.1, 0.15) is 49.3 Å². The molecule has 0 aliphatic heterocycles. The highest BCUT2D eigenvalue weighted by Gasteiger charge is 2.19. The van der Waals surface area contributed by atoms with Crippen molar-refractivity contribution in [1.82, 2.24) is 0 Å². The van der Waals surface area contributed by atoms with Crippen molar-refractivity contribution in [2.75, 3.05) is 5.32 Å². The van der Waals surface area contributed by atoms with E-state index in [9.17, 15) is 10.1 Å². The summed E-state index contributed by atoms with van der Waals surface area (Å²) in [5, 5.41) is 14.5. The van der Waals surface area contributed by atoms with Gasteiger partial charge in [-0.1, -0.05) is 61.9 Å². The van der Waals surface area contributed by atoms with E-state index in [1.807, 2.05) is 43.3 Å². The summed E-state index contributed by atoms with van der Waals surface area (Å²) < 4.78 is 0. The summed E-state index contributed by atoms with van der Waals surface area (Å²) in [4.78, 5) is 13.0. The third-order valence-electron chi connectivity index (χ3n) is 4.98. The molecule has 0 saturated carbocycles. The van der Waals surface area contributed by atoms with E-state index in [0.717, 1.165) is 46.8 Å². The fourth-order valence-corrected chi connectivity index (χ4v) is 3.36. The topological polar surface area (TPSA) is 52.9 Å². The van der Waals surface area contributed by atoms with Crippen LogP contribution >= 0.6 is 0 Å². The standard InChI is InChI=1S/C24H24N2O/c1-3-4-8-20-14-13-18(16-25)15-23(20)26-24(27)17(2)21-12-7-10-19-9-5-6-11-22(19)21/h5-7,9-15,17H,3-4,8H2,1-2H3,(H,26,27). The Morgan fingerprint density at radius 1 is 1.11 bits per heavy atom. The molecule has 1 atom stereocenters. The minimum atomic E-state index is -0.291. The van der Waals surface area contributed by atoms with Crippen molar-refractivity contribution in [3.8, 4) is 6.07 Å². The Balaban J connectivity index is 1.89. The van der Waals surface area contributed by atoms with E-state index in [1.165, 1.54) is 0 Å². The number of nitriles is 1. The van der Waals surface area contributed by atoms with Gasteiger partial charge in [-0.15, -0.1) is 0 Å². The maximum absolute atomic E-state index is 13.0. The molecule has 0 aliphatic rings. The monoisotopic (exact) mass is 356 g/mol. The molecule has 0 saturated heterocycles. The maximum Gasteiger partial charge on any atom is 0.231 e. The van der Waals surface area contributed by atoms with E-state index in [0.29, 0.717) is 5.56 Å². The molecular formula is C24H24N2O. The summed E-state index contributed by atoms with van der Waals surface area (Å²) in [7, 11) is 0. The number of hydrogen-bond donors (Lipinski definition) is 1. The molecule has 3 aromatic carbocycles. The molecule has 1 unspecified atom stereocenters. The van der Waals surface area contributed by atoms with Crippen molar-refractivity contribution in [3.05, 3.63) is 77.4 Å². The maximum atomic E-state index is 13.0. The summed E-state index contributed by atoms with van der Waals surface area (Å²) in [6.07, 6.45) is 3.02. The van der Waals surface area contributed by atoms with Gasteiger partial charge >= 0.3 is 0 Å². The SMILES string of the molecule is CCCCc1ccc(C#N)cc1NC(=O)C(C)c1cccc2ccccc12. The van der Waals surface area contributed by atoms with Gasteiger partial charge in [0.2, 0.25) is 5.91 Å². The van der Waals surface area contributed by atoms with Gasteiger partial charge in [-0.2, -0.15) is 5.26 Å². The van der Waals surface area contributed by atoms with E-state index in [2.05, 4.69) is 36.5 Å². The number of nitrogens with one attached hydrogen (secondary N) is 1. The number of nitrogens with zero attached hydrogens (tertiary/aromatic N) is 1. The first-order valence-electron chi connectivity index (χ1n) is 9.45. The lowest BCUT2D eigenvalue weighted by atomic mass is 9.94. The number of benzene rings is 3. The fourth-order valence-electron chi connectivity index (χ4n) is 3.36. The molecule has 3 heteroatoms. The zero-order valence-corrected chi connectivity index (χ0v) is 15.8. The van der Waals surface area contributed by atoms with Crippen molar-refractivity contribution in [2.24, 2.45) is 0 Å². The highest BCUT2D eigenvalue weighted by Crippen LogP contribution is 2.28. The van der Waals surface area contributed by atoms with Gasteiger partial charge in [0.15, 0.2) is 0 Å². The van der Waals surface area contributed by atoms with E-state index in [-0.39, 0.29) is 11.8 Å². The summed E-state index contributed by atoms with van der Waals surface area (Å²) in [6.45, 7) is 4.07. The van der Waals surface area contributed by atoms with Crippen molar-refractivity contribution < 1.29 is 4.79 Å². The molecule has 0 fully saturated rings. The van der Waals surface area contributed by atoms with E-state index >= 15 is 0 Å². The molecule has 3 nitrogen and oxygen atoms in total. The fraction of sp³-hybridized carbons (Fsp3) is 0.250. The number of carbonyl (C=O) groups excluding carboxylic acids is 1. The Bertz CT molecular complexity index is 995. The molecule has 0 aromatic heterocycles. The Labute approximate surface area is 160 Å². The second-order valence-electron chi connectivity index (χ2n) is 6.87. The lowest BCUT2D eigenvalue weighted by Gasteiger charge is -2.17. The van der Waals surface area contributed by atoms with Crippen LogP contribution in [0.15, 0.2) is 60.7 Å². The van der Waals surface area contributed by atoms with E-state index < -0.39 is 0 Å². The average molecular weight is 356 g/mol. The molecule has 0 bridgehead atoms. The third-order valence-corrected chi connectivity index (χ3v) is 4.98. The zero-order chi connectivity index (χ0) is 19.2. The molecule has 0 heterocycles. The van der Waals surface area contributed by atoms with Crippen LogP contribution in [0.4, 0.5) is 5.69 Å². The molecule has 1 N–H and O–H groups in total. The van der Waals surface area contributed by atoms with Crippen molar-refractivity contribution in [3.63, 3.8) is 0 Å². The van der Waals surface area contributed by atoms with Gasteiger partial charge in [0.25, 0.3) is 0 Å². The number of fused-ring (bicyclic) bond motifs is 1. The van der Waals surface area contributed by atoms with Crippen LogP contribution in [0.3, 0.4) is 0 Å². The molecule has 3 rings (SSSR count). The predicted octanol–water partition coefficient (Wildman–Crippen LogP) is 5.80. The number of carbonyl (C=O) groups is 1. The van der Waals surface area contributed by atoms with Crippen molar-refractivity contribution in [2.45, 2.75) is 39.0 Å². The summed E-state index contributed by atoms with van der Waals surface area (Å²) in [5.74, 6) is -0.347. The number of amides is 1. The molecule has 0 radical (unpaired) electrons. The Hall–Kier alpha value is -3.12. The Morgan fingerprint density at radius 3 is 2.67 bits per heavy atom. The van der Waals surface area contributed by atoms with E-state index in [4.69, 9.17) is 0 Å². The minimum absolute atomic E-state index is 0.0563. The van der Waals surface area contributed by atoms with Crippen LogP contribution in [0, 0.1) is 11.3 Å². The highest BCUT2D eigenvalue weighted by molar-refractivity contribution is 5.99. The molecule has 0 aliphatic carbocycles. The van der Waals surface area contributed by atoms with E-state index in [1.54, 1.807) is 6.07 Å². The number of rotatable bonds is 6. The lowest BCUT2D eigenvalue weighted by Crippen LogP contribution is -2.20. The van der Waals surface area contributed by atoms with Gasteiger partial charge in [-0.3, -0.25) is 4.79 Å². The number of hydrogen-bond acceptors (Lipinski definition) is 2. The highest BCUT2D eigenvalue weighted by atomic mass is 16.1. The van der Waals surface area contributed by atoms with Gasteiger partial charge in [0.05, 0.1) is 17.6 Å². The number of anilines is 1. The molecule has 0 spiro atoms. The largest absolute Gasteiger partial charge is 0.325 e. The lowest BCUT2D eigenvalue weighted by molar-refractivity contribution is -0.117. The van der Waals surface area contributed by atoms with Crippen LogP contribution in [0.5, 0.6) is 0 Å². The van der Waals surface area contributed by atoms with Crippen molar-refractivity contribution >= 4 is 22.4 Å². The van der Waals surface area contributed by atoms with Crippen LogP contribution in [-0.4, -0.2) is 5.91 Å². The molecule has 1 amide bonds. The number of unbranched alkanes of at least 4 members (excludes halogenated alkanes) is 1. The molecular weight excluding hydrogens is 332 g/mol. The second kappa shape index (κ2) is 8.51. The average Bonchev–Trinajstić information content (AvgIpc) is 2.71. The first kappa shape index (κ1) is 18.7. The van der Waals surface area contributed by atoms with Crippen LogP contribution in [0.25, 0.3) is 10.8 Å². The zero-order valence-electron chi connectivity index (χ0n) is 15.8. The third kappa shape index (κ3) is 4.17. The first-order valence-corrected chi connectivity index (χ1v) is 9.45. The number of aryl methyl sites for hydroxylation is 1. The molecule has 136 valence electrons. The second-order valence-corrected chi connectivity index (χ2v) is 6.87. The predicted molar refractivity (Wildman–Crippen MR) is 111 cm³/mol. The minimum Gasteiger partial charge on any atom is -0.325 e. The quantitative estimate of drug-likeness (QED) is 0.607. The summed E-state index contributed by atoms with van der Waals surface area (Å²) in [5.41, 5.74) is 3.40. The smallest absolute Gasteiger partial charge is 0.231 e.